The van der Waals surface area contributed by atoms with Crippen molar-refractivity contribution in [2.45, 2.75) is 13.0 Å². The zero-order valence-electron chi connectivity index (χ0n) is 14.0. The van der Waals surface area contributed by atoms with Gasteiger partial charge in [0.2, 0.25) is 5.95 Å². The van der Waals surface area contributed by atoms with Gasteiger partial charge in [-0.15, -0.1) is 0 Å². The molecule has 0 aliphatic carbocycles. The maximum absolute atomic E-state index is 13.8. The van der Waals surface area contributed by atoms with Gasteiger partial charge in [0.25, 0.3) is 5.56 Å². The number of hydrogen-bond donors (Lipinski definition) is 2. The molecule has 2 heterocycles. The lowest BCUT2D eigenvalue weighted by Crippen LogP contribution is -2.23. The molecule has 2 aromatic heterocycles. The number of aryl methyl sites for hydroxylation is 1. The van der Waals surface area contributed by atoms with Gasteiger partial charge in [0.15, 0.2) is 17.3 Å². The molecule has 0 fully saturated rings. The number of anilines is 1. The number of benzene rings is 1. The smallest absolute Gasteiger partial charge is 0.294 e. The van der Waals surface area contributed by atoms with Crippen LogP contribution in [0.1, 0.15) is 6.92 Å². The molecule has 0 unspecified atom stereocenters. The lowest BCUT2D eigenvalue weighted by atomic mass is 10.3. The van der Waals surface area contributed by atoms with Gasteiger partial charge in [0.05, 0.1) is 6.61 Å². The highest BCUT2D eigenvalue weighted by Gasteiger charge is 2.14. The van der Waals surface area contributed by atoms with E-state index in [2.05, 4.69) is 15.3 Å². The fourth-order valence-electron chi connectivity index (χ4n) is 2.30. The van der Waals surface area contributed by atoms with E-state index in [1.165, 1.54) is 23.9 Å². The van der Waals surface area contributed by atoms with E-state index < -0.39 is 17.2 Å². The normalized spacial score (nSPS) is 12.2. The molecule has 0 amide bonds. The van der Waals surface area contributed by atoms with Crippen molar-refractivity contribution in [2.75, 3.05) is 11.9 Å². The number of nitrogens with one attached hydrogen (secondary N) is 1. The van der Waals surface area contributed by atoms with Crippen LogP contribution >= 0.6 is 0 Å². The Labute approximate surface area is 146 Å². The zero-order valence-corrected chi connectivity index (χ0v) is 14.0. The van der Waals surface area contributed by atoms with E-state index in [-0.39, 0.29) is 30.1 Å². The molecule has 26 heavy (non-hydrogen) atoms. The van der Waals surface area contributed by atoms with Crippen molar-refractivity contribution in [1.29, 1.82) is 0 Å². The molecule has 2 N–H and O–H groups in total. The Morgan fingerprint density at radius 2 is 2.08 bits per heavy atom. The van der Waals surface area contributed by atoms with Crippen LogP contribution in [0.15, 0.2) is 35.3 Å². The zero-order chi connectivity index (χ0) is 18.8. The molecule has 3 rings (SSSR count). The Morgan fingerprint density at radius 3 is 2.77 bits per heavy atom. The van der Waals surface area contributed by atoms with Crippen LogP contribution in [0.5, 0.6) is 11.5 Å². The molecular formula is C17H16F2N4O3. The van der Waals surface area contributed by atoms with Gasteiger partial charge in [-0.1, -0.05) is 0 Å². The van der Waals surface area contributed by atoms with Gasteiger partial charge in [-0.2, -0.15) is 4.98 Å². The van der Waals surface area contributed by atoms with Crippen LogP contribution in [-0.2, 0) is 7.05 Å². The van der Waals surface area contributed by atoms with E-state index in [4.69, 9.17) is 9.84 Å². The second-order valence-corrected chi connectivity index (χ2v) is 5.75. The van der Waals surface area contributed by atoms with E-state index in [1.807, 2.05) is 0 Å². The summed E-state index contributed by atoms with van der Waals surface area (Å²) in [4.78, 5) is 20.8. The first-order valence-electron chi connectivity index (χ1n) is 7.76. The van der Waals surface area contributed by atoms with Crippen molar-refractivity contribution in [3.63, 3.8) is 0 Å². The minimum atomic E-state index is -0.916. The van der Waals surface area contributed by atoms with Crippen LogP contribution in [0.25, 0.3) is 11.0 Å². The van der Waals surface area contributed by atoms with Crippen molar-refractivity contribution in [3.05, 3.63) is 52.5 Å². The second-order valence-electron chi connectivity index (χ2n) is 5.75. The third kappa shape index (κ3) is 3.47. The van der Waals surface area contributed by atoms with Crippen LogP contribution in [0.3, 0.4) is 0 Å². The maximum atomic E-state index is 13.8. The maximum Gasteiger partial charge on any atom is 0.294 e. The highest BCUT2D eigenvalue weighted by Crippen LogP contribution is 2.24. The first-order chi connectivity index (χ1) is 12.4. The number of rotatable bonds is 5. The van der Waals surface area contributed by atoms with Crippen LogP contribution in [0.4, 0.5) is 14.7 Å². The number of hydrogen-bond acceptors (Lipinski definition) is 6. The molecule has 9 heteroatoms. The van der Waals surface area contributed by atoms with Gasteiger partial charge < -0.3 is 15.2 Å². The molecule has 0 saturated heterocycles. The summed E-state index contributed by atoms with van der Waals surface area (Å²) in [6.45, 7) is 1.65. The molecule has 3 aromatic rings. The van der Waals surface area contributed by atoms with Crippen molar-refractivity contribution < 1.29 is 18.6 Å². The van der Waals surface area contributed by atoms with E-state index in [9.17, 15) is 13.6 Å². The third-order valence-electron chi connectivity index (χ3n) is 3.68. The Morgan fingerprint density at radius 1 is 1.31 bits per heavy atom. The van der Waals surface area contributed by atoms with Crippen LogP contribution < -0.4 is 15.6 Å². The highest BCUT2D eigenvalue weighted by atomic mass is 19.1. The number of aromatic nitrogens is 3. The molecule has 0 saturated carbocycles. The molecule has 0 radical (unpaired) electrons. The predicted molar refractivity (Wildman–Crippen MR) is 91.4 cm³/mol. The topological polar surface area (TPSA) is 89.3 Å². The van der Waals surface area contributed by atoms with E-state index in [0.29, 0.717) is 17.1 Å². The number of aliphatic hydroxyl groups excluding tert-OH is 1. The van der Waals surface area contributed by atoms with Gasteiger partial charge in [-0.3, -0.25) is 9.36 Å². The Bertz CT molecular complexity index is 1020. The van der Waals surface area contributed by atoms with Crippen LogP contribution in [0.2, 0.25) is 0 Å². The Kier molecular flexibility index (Phi) is 4.81. The van der Waals surface area contributed by atoms with E-state index in [1.54, 1.807) is 6.92 Å². The summed E-state index contributed by atoms with van der Waals surface area (Å²) in [6, 6.07) is 3.94. The molecule has 7 nitrogen and oxygen atoms in total. The van der Waals surface area contributed by atoms with E-state index >= 15 is 0 Å². The second kappa shape index (κ2) is 7.04. The van der Waals surface area contributed by atoms with Gasteiger partial charge in [-0.25, -0.2) is 13.8 Å². The minimum Gasteiger partial charge on any atom is -0.448 e. The summed E-state index contributed by atoms with van der Waals surface area (Å²) in [6.07, 6.45) is 1.47. The molecule has 1 aromatic carbocycles. The van der Waals surface area contributed by atoms with Gasteiger partial charge in [0, 0.05) is 30.7 Å². The summed E-state index contributed by atoms with van der Waals surface area (Å²) in [7, 11) is 1.49. The Hall–Kier alpha value is -3.07. The number of nitrogens with zero attached hydrogens (tertiary/aromatic N) is 3. The number of halogens is 2. The number of aliphatic hydroxyl groups is 1. The number of ether oxygens (including phenoxy) is 1. The third-order valence-corrected chi connectivity index (χ3v) is 3.68. The van der Waals surface area contributed by atoms with Crippen molar-refractivity contribution in [3.8, 4) is 11.5 Å². The average molecular weight is 362 g/mol. The largest absolute Gasteiger partial charge is 0.448 e. The Balaban J connectivity index is 2.02. The predicted octanol–water partition coefficient (Wildman–Crippen LogP) is 2.19. The summed E-state index contributed by atoms with van der Waals surface area (Å²) < 4.78 is 33.3. The summed E-state index contributed by atoms with van der Waals surface area (Å²) in [5, 5.41) is 12.5. The van der Waals surface area contributed by atoms with Crippen molar-refractivity contribution in [2.24, 2.45) is 7.05 Å². The lowest BCUT2D eigenvalue weighted by Gasteiger charge is -2.13. The molecular weight excluding hydrogens is 346 g/mol. The van der Waals surface area contributed by atoms with Gasteiger partial charge in [0.1, 0.15) is 11.5 Å². The standard InChI is InChI=1S/C17H16F2N4O3/c1-9(8-24)21-17-20-7-10-5-14(16(25)23(2)15(10)22-17)26-13-4-3-11(18)6-12(13)19/h3-7,9,24H,8H2,1-2H3,(H,20,21,22)/t9-/m0/s1. The van der Waals surface area contributed by atoms with Crippen molar-refractivity contribution >= 4 is 17.0 Å². The summed E-state index contributed by atoms with van der Waals surface area (Å²) in [5.74, 6) is -1.81. The summed E-state index contributed by atoms with van der Waals surface area (Å²) in [5.41, 5.74) is -0.203. The quantitative estimate of drug-likeness (QED) is 0.723. The van der Waals surface area contributed by atoms with Crippen molar-refractivity contribution in [1.82, 2.24) is 14.5 Å². The highest BCUT2D eigenvalue weighted by molar-refractivity contribution is 5.76. The fourth-order valence-corrected chi connectivity index (χ4v) is 2.30. The summed E-state index contributed by atoms with van der Waals surface area (Å²) >= 11 is 0. The van der Waals surface area contributed by atoms with Gasteiger partial charge in [-0.05, 0) is 25.1 Å². The molecule has 0 aliphatic rings. The monoisotopic (exact) mass is 362 g/mol. The average Bonchev–Trinajstić information content (AvgIpc) is 2.62. The lowest BCUT2D eigenvalue weighted by molar-refractivity contribution is 0.281. The van der Waals surface area contributed by atoms with E-state index in [0.717, 1.165) is 12.1 Å². The van der Waals surface area contributed by atoms with Crippen LogP contribution in [-0.4, -0.2) is 32.3 Å². The number of fused-ring (bicyclic) bond motifs is 1. The first kappa shape index (κ1) is 17.7. The molecule has 0 spiro atoms. The molecule has 1 atom stereocenters. The molecule has 136 valence electrons. The first-order valence-corrected chi connectivity index (χ1v) is 7.76. The molecule has 0 bridgehead atoms. The molecule has 0 aliphatic heterocycles. The van der Waals surface area contributed by atoms with Crippen LogP contribution in [0, 0.1) is 11.6 Å². The van der Waals surface area contributed by atoms with Gasteiger partial charge >= 0.3 is 0 Å². The fraction of sp³-hybridized carbons (Fsp3) is 0.235. The minimum absolute atomic E-state index is 0.101. The SMILES string of the molecule is C[C@@H](CO)Nc1ncc2cc(Oc3ccc(F)cc3F)c(=O)n(C)c2n1. The number of pyridine rings is 1.